The van der Waals surface area contributed by atoms with Crippen LogP contribution < -0.4 is 0 Å². The summed E-state index contributed by atoms with van der Waals surface area (Å²) in [7, 11) is 0. The van der Waals surface area contributed by atoms with Gasteiger partial charge in [-0.25, -0.2) is 0 Å². The van der Waals surface area contributed by atoms with Gasteiger partial charge in [0.25, 0.3) is 0 Å². The predicted octanol–water partition coefficient (Wildman–Crippen LogP) is 6.15. The van der Waals surface area contributed by atoms with E-state index < -0.39 is 0 Å². The molecule has 0 spiro atoms. The molecule has 1 rings (SSSR count). The first-order chi connectivity index (χ1) is 8.54. The van der Waals surface area contributed by atoms with Gasteiger partial charge in [-0.3, -0.25) is 0 Å². The maximum absolute atomic E-state index is 4.08. The maximum Gasteiger partial charge on any atom is -0.0236 e. The minimum atomic E-state index is 1.07. The Kier molecular flexibility index (Phi) is 9.00. The molecule has 18 heavy (non-hydrogen) atoms. The van der Waals surface area contributed by atoms with Crippen molar-refractivity contribution < 1.29 is 0 Å². The van der Waals surface area contributed by atoms with Crippen molar-refractivity contribution in [1.82, 2.24) is 0 Å². The van der Waals surface area contributed by atoms with Crippen molar-refractivity contribution in [2.24, 2.45) is 0 Å². The van der Waals surface area contributed by atoms with Crippen molar-refractivity contribution in [1.29, 1.82) is 0 Å². The summed E-state index contributed by atoms with van der Waals surface area (Å²) in [5, 5.41) is 0. The lowest BCUT2D eigenvalue weighted by atomic mass is 9.92. The van der Waals surface area contributed by atoms with E-state index in [0.29, 0.717) is 0 Å². The zero-order chi connectivity index (χ0) is 14.0. The van der Waals surface area contributed by atoms with Crippen molar-refractivity contribution in [3.05, 3.63) is 59.8 Å². The molecule has 0 aromatic rings. The van der Waals surface area contributed by atoms with Crippen molar-refractivity contribution in [2.45, 2.75) is 53.4 Å². The van der Waals surface area contributed by atoms with E-state index in [-0.39, 0.29) is 0 Å². The summed E-state index contributed by atoms with van der Waals surface area (Å²) < 4.78 is 0. The van der Waals surface area contributed by atoms with Crippen LogP contribution in [-0.4, -0.2) is 0 Å². The molecule has 0 N–H and O–H groups in total. The van der Waals surface area contributed by atoms with E-state index in [9.17, 15) is 0 Å². The van der Waals surface area contributed by atoms with Crippen LogP contribution in [0.1, 0.15) is 53.4 Å². The second-order valence-electron chi connectivity index (χ2n) is 4.78. The fraction of sp³-hybridized carbons (Fsp3) is 0.444. The predicted molar refractivity (Wildman–Crippen MR) is 84.8 cm³/mol. The lowest BCUT2D eigenvalue weighted by Gasteiger charge is -2.13. The summed E-state index contributed by atoms with van der Waals surface area (Å²) in [6.45, 7) is 16.4. The van der Waals surface area contributed by atoms with Crippen molar-refractivity contribution in [3.8, 4) is 0 Å². The Hall–Kier alpha value is -1.30. The highest BCUT2D eigenvalue weighted by atomic mass is 14.1. The summed E-state index contributed by atoms with van der Waals surface area (Å²) in [5.41, 5.74) is 5.07. The Balaban J connectivity index is 0.000000873. The average Bonchev–Trinajstić information content (AvgIpc) is 2.37. The molecule has 0 aliphatic heterocycles. The molecule has 0 saturated carbocycles. The fourth-order valence-electron chi connectivity index (χ4n) is 1.59. The van der Waals surface area contributed by atoms with Crippen molar-refractivity contribution >= 4 is 0 Å². The molecular weight excluding hydrogens is 216 g/mol. The summed E-state index contributed by atoms with van der Waals surface area (Å²) in [4.78, 5) is 0. The topological polar surface area (TPSA) is 0 Å². The highest BCUT2D eigenvalue weighted by Crippen LogP contribution is 2.25. The van der Waals surface area contributed by atoms with Gasteiger partial charge in [0.15, 0.2) is 0 Å². The van der Waals surface area contributed by atoms with Crippen LogP contribution in [0.25, 0.3) is 0 Å². The highest BCUT2D eigenvalue weighted by molar-refractivity contribution is 5.43. The number of allylic oxidation sites excluding steroid dienone is 8. The average molecular weight is 244 g/mol. The van der Waals surface area contributed by atoms with Gasteiger partial charge in [0.05, 0.1) is 0 Å². The molecule has 0 heteroatoms. The second kappa shape index (κ2) is 9.70. The van der Waals surface area contributed by atoms with Gasteiger partial charge in [-0.15, -0.1) is 0 Å². The van der Waals surface area contributed by atoms with Crippen LogP contribution in [0.4, 0.5) is 0 Å². The van der Waals surface area contributed by atoms with Crippen molar-refractivity contribution in [2.75, 3.05) is 0 Å². The van der Waals surface area contributed by atoms with Crippen LogP contribution in [0.15, 0.2) is 59.8 Å². The van der Waals surface area contributed by atoms with E-state index in [1.54, 1.807) is 0 Å². The van der Waals surface area contributed by atoms with E-state index in [1.165, 1.54) is 24.0 Å². The van der Waals surface area contributed by atoms with Crippen LogP contribution in [0.3, 0.4) is 0 Å². The van der Waals surface area contributed by atoms with E-state index >= 15 is 0 Å². The molecule has 0 nitrogen and oxygen atoms in total. The van der Waals surface area contributed by atoms with Crippen LogP contribution >= 0.6 is 0 Å². The van der Waals surface area contributed by atoms with Gasteiger partial charge in [0.2, 0.25) is 0 Å². The summed E-state index contributed by atoms with van der Waals surface area (Å²) in [6.07, 6.45) is 13.2. The molecule has 1 aliphatic carbocycles. The first-order valence-corrected chi connectivity index (χ1v) is 6.96. The fourth-order valence-corrected chi connectivity index (χ4v) is 1.59. The summed E-state index contributed by atoms with van der Waals surface area (Å²) >= 11 is 0. The van der Waals surface area contributed by atoms with Gasteiger partial charge in [0, 0.05) is 0 Å². The SMILES string of the molecule is C=C(C)/C=C\C(=C)C1=CC=C(CC)CC1.CCC. The third kappa shape index (κ3) is 7.11. The molecule has 0 saturated heterocycles. The molecule has 0 fully saturated rings. The maximum atomic E-state index is 4.08. The van der Waals surface area contributed by atoms with Crippen LogP contribution in [-0.2, 0) is 0 Å². The van der Waals surface area contributed by atoms with Gasteiger partial charge in [-0.2, -0.15) is 0 Å². The lowest BCUT2D eigenvalue weighted by molar-refractivity contribution is 0.867. The molecule has 0 aromatic carbocycles. The Bertz CT molecular complexity index is 361. The molecule has 0 aromatic heterocycles. The molecule has 0 bridgehead atoms. The summed E-state index contributed by atoms with van der Waals surface area (Å²) in [6, 6.07) is 0. The normalized spacial score (nSPS) is 14.4. The Morgan fingerprint density at radius 2 is 1.72 bits per heavy atom. The summed E-state index contributed by atoms with van der Waals surface area (Å²) in [5.74, 6) is 0. The van der Waals surface area contributed by atoms with E-state index in [1.807, 2.05) is 13.0 Å². The number of hydrogen-bond acceptors (Lipinski definition) is 0. The van der Waals surface area contributed by atoms with Gasteiger partial charge in [-0.1, -0.05) is 75.8 Å². The lowest BCUT2D eigenvalue weighted by Crippen LogP contribution is -1.94. The zero-order valence-electron chi connectivity index (χ0n) is 12.6. The monoisotopic (exact) mass is 244 g/mol. The Morgan fingerprint density at radius 3 is 2.11 bits per heavy atom. The van der Waals surface area contributed by atoms with Gasteiger partial charge < -0.3 is 0 Å². The van der Waals surface area contributed by atoms with Crippen LogP contribution in [0, 0.1) is 0 Å². The standard InChI is InChI=1S/C15H20.C3H8/c1-5-14-8-10-15(11-9-14)13(4)7-6-12(2)3;1-3-2/h6-8,10H,2,4-5,9,11H2,1,3H3;3H2,1-2H3/b7-6-;. The molecule has 0 radical (unpaired) electrons. The molecule has 1 aliphatic rings. The molecule has 100 valence electrons. The minimum Gasteiger partial charge on any atom is -0.0961 e. The van der Waals surface area contributed by atoms with E-state index in [4.69, 9.17) is 0 Å². The molecule has 0 heterocycles. The van der Waals surface area contributed by atoms with E-state index in [2.05, 4.69) is 52.2 Å². The van der Waals surface area contributed by atoms with Gasteiger partial charge >= 0.3 is 0 Å². The van der Waals surface area contributed by atoms with Crippen molar-refractivity contribution in [3.63, 3.8) is 0 Å². The first-order valence-electron chi connectivity index (χ1n) is 6.96. The Morgan fingerprint density at radius 1 is 1.11 bits per heavy atom. The minimum absolute atomic E-state index is 1.07. The first kappa shape index (κ1) is 16.7. The van der Waals surface area contributed by atoms with Gasteiger partial charge in [0.1, 0.15) is 0 Å². The quantitative estimate of drug-likeness (QED) is 0.520. The zero-order valence-corrected chi connectivity index (χ0v) is 12.6. The third-order valence-electron chi connectivity index (χ3n) is 2.67. The molecule has 0 atom stereocenters. The smallest absolute Gasteiger partial charge is 0.0236 e. The largest absolute Gasteiger partial charge is 0.0961 e. The van der Waals surface area contributed by atoms with E-state index in [0.717, 1.165) is 24.0 Å². The van der Waals surface area contributed by atoms with Gasteiger partial charge in [-0.05, 0) is 37.3 Å². The number of hydrogen-bond donors (Lipinski definition) is 0. The van der Waals surface area contributed by atoms with Crippen LogP contribution in [0.5, 0.6) is 0 Å². The molecular formula is C18H28. The second-order valence-corrected chi connectivity index (χ2v) is 4.78. The Labute approximate surface area is 113 Å². The molecule has 0 unspecified atom stereocenters. The molecule has 0 amide bonds. The van der Waals surface area contributed by atoms with Crippen LogP contribution in [0.2, 0.25) is 0 Å². The number of rotatable bonds is 4. The third-order valence-corrected chi connectivity index (χ3v) is 2.67. The highest BCUT2D eigenvalue weighted by Gasteiger charge is 2.05.